The molecule has 7 nitrogen and oxygen atoms in total. The van der Waals surface area contributed by atoms with E-state index in [1.165, 1.54) is 36.7 Å². The Labute approximate surface area is 146 Å². The average molecular weight is 362 g/mol. The molecule has 0 spiro atoms. The molecular weight excluding hydrogens is 349 g/mol. The number of hydrogen-bond acceptors (Lipinski definition) is 5. The van der Waals surface area contributed by atoms with Gasteiger partial charge in [0.1, 0.15) is 17.2 Å². The summed E-state index contributed by atoms with van der Waals surface area (Å²) in [4.78, 5) is 22.6. The summed E-state index contributed by atoms with van der Waals surface area (Å²) in [6.07, 6.45) is 2.70. The Bertz CT molecular complexity index is 944. The second-order valence-corrected chi connectivity index (χ2v) is 5.60. The first kappa shape index (κ1) is 16.7. The van der Waals surface area contributed by atoms with Gasteiger partial charge in [-0.1, -0.05) is 17.7 Å². The van der Waals surface area contributed by atoms with E-state index in [1.54, 1.807) is 0 Å². The van der Waals surface area contributed by atoms with Crippen molar-refractivity contribution in [3.8, 4) is 17.0 Å². The van der Waals surface area contributed by atoms with Crippen LogP contribution in [0.5, 0.6) is 5.75 Å². The number of nitrogens with one attached hydrogen (secondary N) is 2. The van der Waals surface area contributed by atoms with Crippen molar-refractivity contribution in [3.63, 3.8) is 0 Å². The zero-order valence-electron chi connectivity index (χ0n) is 12.8. The normalized spacial score (nSPS) is 10.6. The number of carbonyl (C=O) groups is 1. The first-order chi connectivity index (χ1) is 11.9. The number of nitrogens with zero attached hydrogens (tertiary/aromatic N) is 2. The number of halogens is 2. The van der Waals surface area contributed by atoms with Gasteiger partial charge in [-0.2, -0.15) is 0 Å². The van der Waals surface area contributed by atoms with Crippen molar-refractivity contribution >= 4 is 23.5 Å². The quantitative estimate of drug-likeness (QED) is 0.569. The Morgan fingerprint density at radius 1 is 1.40 bits per heavy atom. The third kappa shape index (κ3) is 3.69. The zero-order chi connectivity index (χ0) is 18.0. The Kier molecular flexibility index (Phi) is 4.53. The number of nitrogens with two attached hydrogens (primary N) is 1. The van der Waals surface area contributed by atoms with Crippen LogP contribution in [0.15, 0.2) is 36.7 Å². The monoisotopic (exact) mass is 361 g/mol. The van der Waals surface area contributed by atoms with E-state index >= 15 is 0 Å². The summed E-state index contributed by atoms with van der Waals surface area (Å²) in [6, 6.07) is 5.73. The van der Waals surface area contributed by atoms with Crippen LogP contribution in [0.2, 0.25) is 5.02 Å². The number of H-pyrrole nitrogens is 1. The van der Waals surface area contributed by atoms with E-state index in [2.05, 4.69) is 20.3 Å². The number of benzene rings is 1. The minimum Gasteiger partial charge on any atom is -0.504 e. The fraction of sp³-hybridized carbons (Fsp3) is 0.0625. The molecule has 9 heteroatoms. The van der Waals surface area contributed by atoms with Crippen molar-refractivity contribution in [1.82, 2.24) is 20.3 Å². The Balaban J connectivity index is 1.72. The molecule has 0 fully saturated rings. The van der Waals surface area contributed by atoms with Crippen LogP contribution >= 0.6 is 11.6 Å². The molecule has 128 valence electrons. The van der Waals surface area contributed by atoms with Gasteiger partial charge in [-0.05, 0) is 23.8 Å². The van der Waals surface area contributed by atoms with Crippen LogP contribution in [0.3, 0.4) is 0 Å². The van der Waals surface area contributed by atoms with E-state index in [0.29, 0.717) is 11.1 Å². The van der Waals surface area contributed by atoms with E-state index in [9.17, 15) is 14.3 Å². The predicted molar refractivity (Wildman–Crippen MR) is 90.5 cm³/mol. The van der Waals surface area contributed by atoms with E-state index in [4.69, 9.17) is 17.3 Å². The number of carbonyl (C=O) groups excluding carboxylic acids is 1. The van der Waals surface area contributed by atoms with Crippen LogP contribution in [-0.2, 0) is 6.54 Å². The summed E-state index contributed by atoms with van der Waals surface area (Å²) in [5, 5.41) is 12.5. The molecule has 0 bridgehead atoms. The van der Waals surface area contributed by atoms with Crippen molar-refractivity contribution < 1.29 is 14.3 Å². The van der Waals surface area contributed by atoms with Gasteiger partial charge in [0.2, 0.25) is 5.95 Å². The molecule has 3 rings (SSSR count). The van der Waals surface area contributed by atoms with Gasteiger partial charge in [0, 0.05) is 18.3 Å². The SMILES string of the molecule is Nc1ncc(O)c(-c2c[nH]c(C(=O)NCc3ccc(F)c(Cl)c3)c2)n1. The van der Waals surface area contributed by atoms with Gasteiger partial charge in [0.05, 0.1) is 11.2 Å². The second-order valence-electron chi connectivity index (χ2n) is 5.20. The topological polar surface area (TPSA) is 117 Å². The average Bonchev–Trinajstić information content (AvgIpc) is 3.08. The van der Waals surface area contributed by atoms with Crippen LogP contribution in [0.25, 0.3) is 11.3 Å². The van der Waals surface area contributed by atoms with Crippen LogP contribution in [-0.4, -0.2) is 26.0 Å². The van der Waals surface area contributed by atoms with E-state index < -0.39 is 5.82 Å². The molecule has 2 aromatic heterocycles. The number of aromatic hydroxyl groups is 1. The minimum absolute atomic E-state index is 0.00758. The minimum atomic E-state index is -0.519. The smallest absolute Gasteiger partial charge is 0.267 e. The Morgan fingerprint density at radius 2 is 2.20 bits per heavy atom. The maximum Gasteiger partial charge on any atom is 0.267 e. The summed E-state index contributed by atoms with van der Waals surface area (Å²) in [7, 11) is 0. The lowest BCUT2D eigenvalue weighted by Gasteiger charge is -2.05. The fourth-order valence-electron chi connectivity index (χ4n) is 2.19. The maximum absolute atomic E-state index is 13.1. The lowest BCUT2D eigenvalue weighted by molar-refractivity contribution is 0.0946. The van der Waals surface area contributed by atoms with Crippen LogP contribution in [0, 0.1) is 5.82 Å². The number of nitrogen functional groups attached to an aromatic ring is 1. The number of anilines is 1. The molecule has 3 aromatic rings. The number of amides is 1. The third-order valence-corrected chi connectivity index (χ3v) is 3.72. The van der Waals surface area contributed by atoms with Gasteiger partial charge in [0.15, 0.2) is 5.75 Å². The summed E-state index contributed by atoms with van der Waals surface area (Å²) in [5.74, 6) is -1.04. The van der Waals surface area contributed by atoms with E-state index in [-0.39, 0.29) is 40.6 Å². The fourth-order valence-corrected chi connectivity index (χ4v) is 2.39. The standard InChI is InChI=1S/C16H13ClFN5O2/c17-10-3-8(1-2-11(10)18)5-21-15(25)12-4-9(6-20-12)14-13(24)7-22-16(19)23-14/h1-4,6-7,20,24H,5H2,(H,21,25)(H2,19,22,23). The molecule has 0 radical (unpaired) electrons. The Morgan fingerprint density at radius 3 is 2.96 bits per heavy atom. The predicted octanol–water partition coefficient (Wildman–Crippen LogP) is 2.48. The van der Waals surface area contributed by atoms with E-state index in [0.717, 1.165) is 0 Å². The van der Waals surface area contributed by atoms with Crippen molar-refractivity contribution in [3.05, 3.63) is 58.8 Å². The van der Waals surface area contributed by atoms with Crippen LogP contribution < -0.4 is 11.1 Å². The molecule has 0 aliphatic heterocycles. The number of aromatic nitrogens is 3. The van der Waals surface area contributed by atoms with Gasteiger partial charge in [0.25, 0.3) is 5.91 Å². The zero-order valence-corrected chi connectivity index (χ0v) is 13.5. The van der Waals surface area contributed by atoms with Gasteiger partial charge in [-0.15, -0.1) is 0 Å². The van der Waals surface area contributed by atoms with Crippen LogP contribution in [0.4, 0.5) is 10.3 Å². The molecule has 0 aliphatic carbocycles. The van der Waals surface area contributed by atoms with Crippen LogP contribution in [0.1, 0.15) is 16.1 Å². The highest BCUT2D eigenvalue weighted by molar-refractivity contribution is 6.30. The molecule has 1 aromatic carbocycles. The first-order valence-electron chi connectivity index (χ1n) is 7.16. The largest absolute Gasteiger partial charge is 0.504 e. The third-order valence-electron chi connectivity index (χ3n) is 3.43. The number of hydrogen-bond donors (Lipinski definition) is 4. The molecule has 25 heavy (non-hydrogen) atoms. The van der Waals surface area contributed by atoms with Gasteiger partial charge in [-0.25, -0.2) is 14.4 Å². The molecule has 5 N–H and O–H groups in total. The molecule has 1 amide bonds. The first-order valence-corrected chi connectivity index (χ1v) is 7.54. The maximum atomic E-state index is 13.1. The summed E-state index contributed by atoms with van der Waals surface area (Å²) < 4.78 is 13.1. The number of rotatable bonds is 4. The molecule has 0 saturated carbocycles. The summed E-state index contributed by atoms with van der Waals surface area (Å²) in [5.41, 5.74) is 7.13. The highest BCUT2D eigenvalue weighted by atomic mass is 35.5. The molecule has 0 unspecified atom stereocenters. The van der Waals surface area contributed by atoms with Crippen molar-refractivity contribution in [2.75, 3.05) is 5.73 Å². The molecule has 0 saturated heterocycles. The lowest BCUT2D eigenvalue weighted by atomic mass is 10.2. The molecule has 2 heterocycles. The highest BCUT2D eigenvalue weighted by Gasteiger charge is 2.13. The van der Waals surface area contributed by atoms with Gasteiger partial charge in [-0.3, -0.25) is 4.79 Å². The molecule has 0 aliphatic rings. The lowest BCUT2D eigenvalue weighted by Crippen LogP contribution is -2.23. The van der Waals surface area contributed by atoms with Crippen molar-refractivity contribution in [2.24, 2.45) is 0 Å². The van der Waals surface area contributed by atoms with Crippen molar-refractivity contribution in [1.29, 1.82) is 0 Å². The Hall–Kier alpha value is -3.13. The molecular formula is C16H13ClFN5O2. The second kappa shape index (κ2) is 6.78. The van der Waals surface area contributed by atoms with E-state index in [1.807, 2.05) is 0 Å². The van der Waals surface area contributed by atoms with Gasteiger partial charge < -0.3 is 21.1 Å². The van der Waals surface area contributed by atoms with Crippen molar-refractivity contribution in [2.45, 2.75) is 6.54 Å². The highest BCUT2D eigenvalue weighted by Crippen LogP contribution is 2.27. The summed E-state index contributed by atoms with van der Waals surface area (Å²) >= 11 is 5.71. The molecule has 0 atom stereocenters. The summed E-state index contributed by atoms with van der Waals surface area (Å²) in [6.45, 7) is 0.179. The number of aromatic amines is 1. The van der Waals surface area contributed by atoms with Gasteiger partial charge >= 0.3 is 0 Å².